The lowest BCUT2D eigenvalue weighted by Gasteiger charge is -2.18. The van der Waals surface area contributed by atoms with Crippen molar-refractivity contribution in [1.82, 2.24) is 4.90 Å². The number of rotatable bonds is 3. The van der Waals surface area contributed by atoms with Gasteiger partial charge in [-0.15, -0.1) is 0 Å². The van der Waals surface area contributed by atoms with Gasteiger partial charge in [-0.25, -0.2) is 0 Å². The zero-order valence-corrected chi connectivity index (χ0v) is 8.45. The van der Waals surface area contributed by atoms with Gasteiger partial charge in [0.15, 0.2) is 6.54 Å². The summed E-state index contributed by atoms with van der Waals surface area (Å²) in [5, 5.41) is 1.93. The third-order valence-electron chi connectivity index (χ3n) is 3.03. The molecule has 0 spiro atoms. The van der Waals surface area contributed by atoms with Crippen molar-refractivity contribution >= 4 is 5.78 Å². The van der Waals surface area contributed by atoms with Gasteiger partial charge in [-0.05, 0) is 19.9 Å². The molecule has 1 aliphatic heterocycles. The fraction of sp³-hybridized carbons (Fsp3) is 0.889. The van der Waals surface area contributed by atoms with Gasteiger partial charge in [-0.2, -0.15) is 0 Å². The average Bonchev–Trinajstić information content (AvgIpc) is 2.27. The fourth-order valence-corrected chi connectivity index (χ4v) is 2.27. The summed E-state index contributed by atoms with van der Waals surface area (Å²) in [4.78, 5) is 13.7. The van der Waals surface area contributed by atoms with E-state index >= 15 is 0 Å². The lowest BCUT2D eigenvalue weighted by Crippen LogP contribution is -2.67. The second kappa shape index (κ2) is 3.96. The van der Waals surface area contributed by atoms with Crippen molar-refractivity contribution in [3.8, 4) is 0 Å². The Morgan fingerprint density at radius 2 is 2.23 bits per heavy atom. The molecule has 0 saturated carbocycles. The first-order valence-corrected chi connectivity index (χ1v) is 4.67. The number of Topliss-reactive ketones (excluding diaryl/α,β-unsaturated/α-hetero) is 1. The molecule has 4 nitrogen and oxygen atoms in total. The van der Waals surface area contributed by atoms with Crippen molar-refractivity contribution in [3.63, 3.8) is 0 Å². The lowest BCUT2D eigenvalue weighted by atomic mass is 9.89. The SMILES string of the molecule is CC1CN(C)C(C)C1C(=O)C[NH+]=[N-]. The number of carbonyl (C=O) groups excluding carboxylic acids is 1. The first-order chi connectivity index (χ1) is 6.07. The molecule has 0 aromatic heterocycles. The quantitative estimate of drug-likeness (QED) is 0.585. The number of carbonyl (C=O) groups is 1. The van der Waals surface area contributed by atoms with Gasteiger partial charge in [0.2, 0.25) is 5.78 Å². The van der Waals surface area contributed by atoms with Gasteiger partial charge in [-0.1, -0.05) is 6.92 Å². The molecule has 3 atom stereocenters. The molecule has 1 N–H and O–H groups in total. The Morgan fingerprint density at radius 3 is 2.62 bits per heavy atom. The molecule has 1 rings (SSSR count). The Hall–Kier alpha value is -0.770. The Morgan fingerprint density at radius 1 is 1.62 bits per heavy atom. The van der Waals surface area contributed by atoms with Gasteiger partial charge in [0.25, 0.3) is 0 Å². The van der Waals surface area contributed by atoms with E-state index in [1.54, 1.807) is 0 Å². The molecule has 1 fully saturated rings. The van der Waals surface area contributed by atoms with Crippen LogP contribution in [0.25, 0.3) is 5.53 Å². The van der Waals surface area contributed by atoms with E-state index in [1.165, 1.54) is 0 Å². The predicted octanol–water partition coefficient (Wildman–Crippen LogP) is -0.756. The minimum Gasteiger partial charge on any atom is -0.508 e. The van der Waals surface area contributed by atoms with Crippen LogP contribution in [0, 0.1) is 11.8 Å². The third kappa shape index (κ3) is 1.94. The summed E-state index contributed by atoms with van der Waals surface area (Å²) in [6.45, 7) is 5.17. The summed E-state index contributed by atoms with van der Waals surface area (Å²) in [6, 6.07) is 0.288. The van der Waals surface area contributed by atoms with Crippen LogP contribution in [-0.2, 0) is 4.79 Å². The van der Waals surface area contributed by atoms with Crippen LogP contribution in [-0.4, -0.2) is 36.9 Å². The molecule has 3 unspecified atom stereocenters. The van der Waals surface area contributed by atoms with E-state index in [0.29, 0.717) is 5.92 Å². The van der Waals surface area contributed by atoms with Crippen molar-refractivity contribution in [2.24, 2.45) is 11.8 Å². The largest absolute Gasteiger partial charge is 0.508 e. The highest BCUT2D eigenvalue weighted by molar-refractivity contribution is 5.83. The monoisotopic (exact) mass is 183 g/mol. The van der Waals surface area contributed by atoms with E-state index < -0.39 is 0 Å². The molecule has 13 heavy (non-hydrogen) atoms. The fourth-order valence-electron chi connectivity index (χ4n) is 2.27. The Bertz CT molecular complexity index is 217. The van der Waals surface area contributed by atoms with Crippen LogP contribution in [0.2, 0.25) is 0 Å². The molecule has 0 aromatic rings. The number of hydrogen-bond donors (Lipinski definition) is 1. The third-order valence-corrected chi connectivity index (χ3v) is 3.03. The van der Waals surface area contributed by atoms with Gasteiger partial charge in [-0.3, -0.25) is 4.79 Å². The Labute approximate surface area is 78.8 Å². The van der Waals surface area contributed by atoms with Crippen LogP contribution in [0.1, 0.15) is 13.8 Å². The smallest absolute Gasteiger partial charge is 0.201 e. The molecule has 0 aliphatic carbocycles. The second-order valence-electron chi connectivity index (χ2n) is 3.98. The van der Waals surface area contributed by atoms with Crippen molar-refractivity contribution in [1.29, 1.82) is 0 Å². The van der Waals surface area contributed by atoms with Crippen LogP contribution in [0.3, 0.4) is 0 Å². The highest BCUT2D eigenvalue weighted by Gasteiger charge is 2.39. The molecular weight excluding hydrogens is 166 g/mol. The van der Waals surface area contributed by atoms with Crippen molar-refractivity contribution in [2.45, 2.75) is 19.9 Å². The van der Waals surface area contributed by atoms with Crippen LogP contribution in [0.15, 0.2) is 0 Å². The molecule has 1 aliphatic rings. The molecule has 1 saturated heterocycles. The normalized spacial score (nSPS) is 34.8. The zero-order valence-electron chi connectivity index (χ0n) is 8.45. The number of nitrogens with zero attached hydrogens (tertiary/aromatic N) is 2. The van der Waals surface area contributed by atoms with Crippen LogP contribution in [0.4, 0.5) is 0 Å². The molecule has 1 heterocycles. The van der Waals surface area contributed by atoms with E-state index in [9.17, 15) is 4.79 Å². The number of hydrogen-bond acceptors (Lipinski definition) is 2. The standard InChI is InChI=1S/C9H17N3O/c1-6-5-12(3)7(2)9(6)8(13)4-11-10/h6-7,9,11H,4-5H2,1-3H3. The maximum absolute atomic E-state index is 11.6. The molecule has 0 radical (unpaired) electrons. The van der Waals surface area contributed by atoms with Crippen LogP contribution in [0.5, 0.6) is 0 Å². The predicted molar refractivity (Wildman–Crippen MR) is 48.9 cm³/mol. The van der Waals surface area contributed by atoms with Gasteiger partial charge in [0.05, 0.1) is 0 Å². The first-order valence-electron chi connectivity index (χ1n) is 4.67. The Kier molecular flexibility index (Phi) is 3.14. The summed E-state index contributed by atoms with van der Waals surface area (Å²) >= 11 is 0. The molecule has 0 bridgehead atoms. The summed E-state index contributed by atoms with van der Waals surface area (Å²) in [7, 11) is 2.03. The summed E-state index contributed by atoms with van der Waals surface area (Å²) in [5.74, 6) is 0.553. The topological polar surface area (TPSA) is 56.6 Å². The van der Waals surface area contributed by atoms with E-state index in [1.807, 2.05) is 12.2 Å². The minimum absolute atomic E-state index is 0.0599. The summed E-state index contributed by atoms with van der Waals surface area (Å²) in [6.07, 6.45) is 0. The van der Waals surface area contributed by atoms with E-state index in [2.05, 4.69) is 18.7 Å². The van der Waals surface area contributed by atoms with Crippen LogP contribution < -0.4 is 5.11 Å². The highest BCUT2D eigenvalue weighted by atomic mass is 16.1. The first kappa shape index (κ1) is 10.3. The summed E-state index contributed by atoms with van der Waals surface area (Å²) < 4.78 is 0. The zero-order chi connectivity index (χ0) is 10.0. The number of nitrogens with one attached hydrogen (secondary N) is 1. The lowest BCUT2D eigenvalue weighted by molar-refractivity contribution is -0.468. The maximum Gasteiger partial charge on any atom is 0.201 e. The average molecular weight is 183 g/mol. The molecule has 74 valence electrons. The van der Waals surface area contributed by atoms with E-state index in [0.717, 1.165) is 6.54 Å². The molecule has 4 heteroatoms. The number of likely N-dealkylation sites (tertiary alicyclic amines) is 1. The van der Waals surface area contributed by atoms with Gasteiger partial charge < -0.3 is 15.5 Å². The van der Waals surface area contributed by atoms with Gasteiger partial charge in [0, 0.05) is 18.5 Å². The summed E-state index contributed by atoms with van der Waals surface area (Å²) in [5.41, 5.74) is 8.45. The minimum atomic E-state index is 0.0599. The van der Waals surface area contributed by atoms with Gasteiger partial charge in [0.1, 0.15) is 0 Å². The Balaban J connectivity index is 2.67. The van der Waals surface area contributed by atoms with Crippen molar-refractivity contribution in [2.75, 3.05) is 20.1 Å². The van der Waals surface area contributed by atoms with Crippen LogP contribution >= 0.6 is 0 Å². The maximum atomic E-state index is 11.6. The van der Waals surface area contributed by atoms with Gasteiger partial charge >= 0.3 is 0 Å². The van der Waals surface area contributed by atoms with E-state index in [-0.39, 0.29) is 24.3 Å². The highest BCUT2D eigenvalue weighted by Crippen LogP contribution is 2.28. The molecular formula is C9H17N3O. The molecule has 0 amide bonds. The van der Waals surface area contributed by atoms with Crippen molar-refractivity contribution < 1.29 is 9.91 Å². The number of ketones is 1. The van der Waals surface area contributed by atoms with Crippen molar-refractivity contribution in [3.05, 3.63) is 5.53 Å². The second-order valence-corrected chi connectivity index (χ2v) is 3.98. The van der Waals surface area contributed by atoms with E-state index in [4.69, 9.17) is 5.53 Å². The molecule has 0 aromatic carbocycles.